The second-order valence-electron chi connectivity index (χ2n) is 5.68. The Kier molecular flexibility index (Phi) is 4.20. The van der Waals surface area contributed by atoms with E-state index in [0.717, 1.165) is 43.8 Å². The SMILES string of the molecule is CCNCc1cc(N2CC=C(C)CC2)c2ccccc2n1. The van der Waals surface area contributed by atoms with Crippen molar-refractivity contribution in [1.82, 2.24) is 10.3 Å². The molecule has 1 aromatic heterocycles. The molecule has 0 saturated carbocycles. The zero-order valence-electron chi connectivity index (χ0n) is 12.9. The molecule has 2 aromatic rings. The maximum Gasteiger partial charge on any atom is 0.0726 e. The number of benzene rings is 1. The molecule has 1 aromatic carbocycles. The largest absolute Gasteiger partial charge is 0.367 e. The van der Waals surface area contributed by atoms with Gasteiger partial charge >= 0.3 is 0 Å². The van der Waals surface area contributed by atoms with E-state index in [2.05, 4.69) is 60.5 Å². The molecule has 3 rings (SSSR count). The van der Waals surface area contributed by atoms with Crippen LogP contribution in [0.15, 0.2) is 42.0 Å². The summed E-state index contributed by atoms with van der Waals surface area (Å²) in [7, 11) is 0. The van der Waals surface area contributed by atoms with E-state index < -0.39 is 0 Å². The van der Waals surface area contributed by atoms with Gasteiger partial charge in [-0.05, 0) is 32.0 Å². The first-order valence-corrected chi connectivity index (χ1v) is 7.78. The van der Waals surface area contributed by atoms with E-state index in [0.29, 0.717) is 0 Å². The molecular weight excluding hydrogens is 258 g/mol. The summed E-state index contributed by atoms with van der Waals surface area (Å²) in [6, 6.07) is 10.7. The molecule has 0 aliphatic carbocycles. The Morgan fingerprint density at radius 1 is 1.29 bits per heavy atom. The molecule has 0 radical (unpaired) electrons. The topological polar surface area (TPSA) is 28.2 Å². The predicted molar refractivity (Wildman–Crippen MR) is 89.7 cm³/mol. The summed E-state index contributed by atoms with van der Waals surface area (Å²) in [5.74, 6) is 0. The van der Waals surface area contributed by atoms with Crippen LogP contribution in [0.25, 0.3) is 10.9 Å². The number of hydrogen-bond donors (Lipinski definition) is 1. The minimum absolute atomic E-state index is 0.830. The van der Waals surface area contributed by atoms with Crippen molar-refractivity contribution in [2.24, 2.45) is 0 Å². The molecule has 0 amide bonds. The molecule has 2 heterocycles. The number of para-hydroxylation sites is 1. The lowest BCUT2D eigenvalue weighted by atomic mass is 10.1. The first-order valence-electron chi connectivity index (χ1n) is 7.78. The lowest BCUT2D eigenvalue weighted by molar-refractivity contribution is 0.711. The quantitative estimate of drug-likeness (QED) is 0.869. The Labute approximate surface area is 126 Å². The number of anilines is 1. The summed E-state index contributed by atoms with van der Waals surface area (Å²) in [6.07, 6.45) is 3.49. The van der Waals surface area contributed by atoms with Crippen molar-refractivity contribution < 1.29 is 0 Å². The van der Waals surface area contributed by atoms with Gasteiger partial charge in [0.2, 0.25) is 0 Å². The van der Waals surface area contributed by atoms with Gasteiger partial charge in [0.15, 0.2) is 0 Å². The maximum absolute atomic E-state index is 4.78. The number of hydrogen-bond acceptors (Lipinski definition) is 3. The van der Waals surface area contributed by atoms with E-state index in [1.165, 1.54) is 16.6 Å². The minimum atomic E-state index is 0.830. The Morgan fingerprint density at radius 2 is 2.14 bits per heavy atom. The fourth-order valence-corrected chi connectivity index (χ4v) is 2.81. The van der Waals surface area contributed by atoms with Crippen molar-refractivity contribution in [2.75, 3.05) is 24.5 Å². The molecule has 1 aliphatic rings. The van der Waals surface area contributed by atoms with Crippen LogP contribution in [-0.2, 0) is 6.54 Å². The van der Waals surface area contributed by atoms with Gasteiger partial charge in [0, 0.05) is 30.7 Å². The molecule has 1 N–H and O–H groups in total. The van der Waals surface area contributed by atoms with E-state index in [9.17, 15) is 0 Å². The van der Waals surface area contributed by atoms with Gasteiger partial charge in [-0.15, -0.1) is 0 Å². The van der Waals surface area contributed by atoms with Crippen LogP contribution in [0, 0.1) is 0 Å². The smallest absolute Gasteiger partial charge is 0.0726 e. The number of fused-ring (bicyclic) bond motifs is 1. The van der Waals surface area contributed by atoms with Gasteiger partial charge in [-0.3, -0.25) is 4.98 Å². The van der Waals surface area contributed by atoms with E-state index in [1.807, 2.05) is 0 Å². The number of rotatable bonds is 4. The minimum Gasteiger partial charge on any atom is -0.367 e. The van der Waals surface area contributed by atoms with Gasteiger partial charge in [0.25, 0.3) is 0 Å². The lowest BCUT2D eigenvalue weighted by Crippen LogP contribution is -2.28. The highest BCUT2D eigenvalue weighted by atomic mass is 15.1. The van der Waals surface area contributed by atoms with Crippen molar-refractivity contribution in [2.45, 2.75) is 26.8 Å². The summed E-state index contributed by atoms with van der Waals surface area (Å²) in [5, 5.41) is 4.63. The van der Waals surface area contributed by atoms with E-state index >= 15 is 0 Å². The summed E-state index contributed by atoms with van der Waals surface area (Å²) in [6.45, 7) is 8.24. The molecule has 0 bridgehead atoms. The molecular formula is C18H23N3. The molecule has 3 heteroatoms. The van der Waals surface area contributed by atoms with E-state index in [1.54, 1.807) is 0 Å². The van der Waals surface area contributed by atoms with Crippen LogP contribution in [0.5, 0.6) is 0 Å². The first-order chi connectivity index (χ1) is 10.3. The Bertz CT molecular complexity index is 661. The molecule has 0 saturated heterocycles. The zero-order valence-corrected chi connectivity index (χ0v) is 12.9. The molecule has 0 spiro atoms. The fraction of sp³-hybridized carbons (Fsp3) is 0.389. The van der Waals surface area contributed by atoms with Crippen LogP contribution in [0.1, 0.15) is 26.0 Å². The normalized spacial score (nSPS) is 15.3. The molecule has 0 fully saturated rings. The van der Waals surface area contributed by atoms with Crippen LogP contribution in [-0.4, -0.2) is 24.6 Å². The van der Waals surface area contributed by atoms with Crippen LogP contribution in [0.2, 0.25) is 0 Å². The molecule has 110 valence electrons. The van der Waals surface area contributed by atoms with Gasteiger partial charge < -0.3 is 10.2 Å². The summed E-state index contributed by atoms with van der Waals surface area (Å²) < 4.78 is 0. The average Bonchev–Trinajstić information content (AvgIpc) is 2.53. The van der Waals surface area contributed by atoms with E-state index in [4.69, 9.17) is 4.98 Å². The first kappa shape index (κ1) is 14.1. The third-order valence-corrected chi connectivity index (χ3v) is 4.08. The van der Waals surface area contributed by atoms with Crippen molar-refractivity contribution in [3.63, 3.8) is 0 Å². The Balaban J connectivity index is 2.02. The molecule has 0 unspecified atom stereocenters. The summed E-state index contributed by atoms with van der Waals surface area (Å²) in [4.78, 5) is 7.24. The van der Waals surface area contributed by atoms with Gasteiger partial charge in [-0.1, -0.05) is 36.8 Å². The second-order valence-corrected chi connectivity index (χ2v) is 5.68. The van der Waals surface area contributed by atoms with Crippen LogP contribution in [0.4, 0.5) is 5.69 Å². The van der Waals surface area contributed by atoms with Crippen LogP contribution >= 0.6 is 0 Å². The van der Waals surface area contributed by atoms with Crippen LogP contribution in [0.3, 0.4) is 0 Å². The number of nitrogens with one attached hydrogen (secondary N) is 1. The fourth-order valence-electron chi connectivity index (χ4n) is 2.81. The highest BCUT2D eigenvalue weighted by Gasteiger charge is 2.14. The standard InChI is InChI=1S/C18H23N3/c1-3-19-13-15-12-18(21-10-8-14(2)9-11-21)16-6-4-5-7-17(16)20-15/h4-8,12,19H,3,9-11,13H2,1-2H3. The van der Waals surface area contributed by atoms with Crippen molar-refractivity contribution >= 4 is 16.6 Å². The van der Waals surface area contributed by atoms with Gasteiger partial charge in [-0.2, -0.15) is 0 Å². The van der Waals surface area contributed by atoms with Gasteiger partial charge in [0.05, 0.1) is 11.2 Å². The third kappa shape index (κ3) is 3.08. The lowest BCUT2D eigenvalue weighted by Gasteiger charge is -2.29. The number of pyridine rings is 1. The monoisotopic (exact) mass is 281 g/mol. The maximum atomic E-state index is 4.78. The highest BCUT2D eigenvalue weighted by molar-refractivity contribution is 5.92. The third-order valence-electron chi connectivity index (χ3n) is 4.08. The van der Waals surface area contributed by atoms with E-state index in [-0.39, 0.29) is 0 Å². The molecule has 3 nitrogen and oxygen atoms in total. The Hall–Kier alpha value is -1.87. The highest BCUT2D eigenvalue weighted by Crippen LogP contribution is 2.28. The molecule has 1 aliphatic heterocycles. The summed E-state index contributed by atoms with van der Waals surface area (Å²) >= 11 is 0. The predicted octanol–water partition coefficient (Wildman–Crippen LogP) is 3.50. The van der Waals surface area contributed by atoms with Gasteiger partial charge in [0.1, 0.15) is 0 Å². The molecule has 21 heavy (non-hydrogen) atoms. The van der Waals surface area contributed by atoms with Crippen LogP contribution < -0.4 is 10.2 Å². The zero-order chi connectivity index (χ0) is 14.7. The second kappa shape index (κ2) is 6.27. The Morgan fingerprint density at radius 3 is 2.90 bits per heavy atom. The summed E-state index contributed by atoms with van der Waals surface area (Å²) in [5.41, 5.74) is 5.03. The van der Waals surface area contributed by atoms with Crippen molar-refractivity contribution in [3.8, 4) is 0 Å². The molecule has 0 atom stereocenters. The average molecular weight is 281 g/mol. The number of nitrogens with zero attached hydrogens (tertiary/aromatic N) is 2. The van der Waals surface area contributed by atoms with Crippen molar-refractivity contribution in [3.05, 3.63) is 47.7 Å². The van der Waals surface area contributed by atoms with Gasteiger partial charge in [-0.25, -0.2) is 0 Å². The number of aromatic nitrogens is 1. The van der Waals surface area contributed by atoms with Crippen molar-refractivity contribution in [1.29, 1.82) is 0 Å².